The molecule has 0 saturated heterocycles. The number of hydrogen-bond acceptors (Lipinski definition) is 2. The van der Waals surface area contributed by atoms with Crippen molar-refractivity contribution in [3.63, 3.8) is 0 Å². The summed E-state index contributed by atoms with van der Waals surface area (Å²) in [5, 5.41) is 0. The predicted molar refractivity (Wildman–Crippen MR) is 65.8 cm³/mol. The maximum atomic E-state index is 12.4. The van der Waals surface area contributed by atoms with Gasteiger partial charge in [-0.2, -0.15) is 0 Å². The summed E-state index contributed by atoms with van der Waals surface area (Å²) in [6.45, 7) is 3.70. The highest BCUT2D eigenvalue weighted by Gasteiger charge is 2.32. The van der Waals surface area contributed by atoms with Crippen molar-refractivity contribution in [1.82, 2.24) is 4.98 Å². The molecule has 0 unspecified atom stereocenters. The molecule has 0 aliphatic heterocycles. The third-order valence-corrected chi connectivity index (χ3v) is 2.84. The molecule has 0 spiro atoms. The first-order valence-electron chi connectivity index (χ1n) is 5.66. The van der Waals surface area contributed by atoms with E-state index in [2.05, 4.69) is 9.72 Å². The van der Waals surface area contributed by atoms with Crippen molar-refractivity contribution in [1.29, 1.82) is 0 Å². The Kier molecular flexibility index (Phi) is 3.46. The first kappa shape index (κ1) is 13.4. The van der Waals surface area contributed by atoms with Gasteiger partial charge in [-0.15, -0.1) is 13.2 Å². The van der Waals surface area contributed by atoms with Gasteiger partial charge >= 0.3 is 6.36 Å². The van der Waals surface area contributed by atoms with E-state index in [4.69, 9.17) is 0 Å². The predicted octanol–water partition coefficient (Wildman–Crippen LogP) is 4.26. The van der Waals surface area contributed by atoms with Crippen LogP contribution in [-0.2, 0) is 0 Å². The quantitative estimate of drug-likeness (QED) is 0.810. The number of alkyl halides is 3. The maximum absolute atomic E-state index is 12.4. The summed E-state index contributed by atoms with van der Waals surface area (Å²) in [5.41, 5.74) is 2.63. The number of aryl methyl sites for hydroxylation is 1. The lowest BCUT2D eigenvalue weighted by Crippen LogP contribution is -2.17. The second-order valence-corrected chi connectivity index (χ2v) is 4.15. The van der Waals surface area contributed by atoms with Gasteiger partial charge < -0.3 is 4.74 Å². The van der Waals surface area contributed by atoms with Crippen LogP contribution in [0.1, 0.15) is 11.1 Å². The van der Waals surface area contributed by atoms with Gasteiger partial charge in [-0.1, -0.05) is 12.1 Å². The van der Waals surface area contributed by atoms with Gasteiger partial charge in [0.2, 0.25) is 0 Å². The fourth-order valence-corrected chi connectivity index (χ4v) is 1.78. The van der Waals surface area contributed by atoms with Crippen LogP contribution >= 0.6 is 0 Å². The van der Waals surface area contributed by atoms with Gasteiger partial charge in [0.15, 0.2) is 0 Å². The van der Waals surface area contributed by atoms with Crippen molar-refractivity contribution in [2.24, 2.45) is 0 Å². The molecule has 1 heterocycles. The van der Waals surface area contributed by atoms with Crippen LogP contribution in [0.25, 0.3) is 11.3 Å². The molecule has 0 amide bonds. The Bertz CT molecular complexity index is 593. The second kappa shape index (κ2) is 4.91. The third-order valence-electron chi connectivity index (χ3n) is 2.84. The van der Waals surface area contributed by atoms with E-state index in [9.17, 15) is 13.2 Å². The molecule has 1 aromatic heterocycles. The van der Waals surface area contributed by atoms with Crippen LogP contribution < -0.4 is 4.74 Å². The number of pyridine rings is 1. The van der Waals surface area contributed by atoms with Gasteiger partial charge in [0.05, 0.1) is 5.69 Å². The fraction of sp³-hybridized carbons (Fsp3) is 0.214. The van der Waals surface area contributed by atoms with Crippen LogP contribution in [0.5, 0.6) is 5.75 Å². The number of hydrogen-bond donors (Lipinski definition) is 0. The van der Waals surface area contributed by atoms with Crippen LogP contribution in [0, 0.1) is 13.8 Å². The van der Waals surface area contributed by atoms with Crippen molar-refractivity contribution in [2.75, 3.05) is 0 Å². The van der Waals surface area contributed by atoms with Crippen molar-refractivity contribution >= 4 is 0 Å². The molecule has 2 rings (SSSR count). The van der Waals surface area contributed by atoms with Crippen molar-refractivity contribution < 1.29 is 17.9 Å². The lowest BCUT2D eigenvalue weighted by atomic mass is 10.0. The first-order valence-corrected chi connectivity index (χ1v) is 5.66. The molecule has 2 aromatic rings. The Morgan fingerprint density at radius 3 is 2.42 bits per heavy atom. The monoisotopic (exact) mass is 267 g/mol. The van der Waals surface area contributed by atoms with Crippen molar-refractivity contribution in [2.45, 2.75) is 20.2 Å². The number of ether oxygens (including phenoxy) is 1. The highest BCUT2D eigenvalue weighted by atomic mass is 19.4. The zero-order valence-corrected chi connectivity index (χ0v) is 10.5. The highest BCUT2D eigenvalue weighted by molar-refractivity contribution is 5.70. The van der Waals surface area contributed by atoms with E-state index in [1.807, 2.05) is 19.9 Å². The van der Waals surface area contributed by atoms with E-state index in [0.29, 0.717) is 11.3 Å². The van der Waals surface area contributed by atoms with E-state index >= 15 is 0 Å². The summed E-state index contributed by atoms with van der Waals surface area (Å²) in [6, 6.07) is 7.81. The van der Waals surface area contributed by atoms with Crippen LogP contribution in [0.15, 0.2) is 36.5 Å². The van der Waals surface area contributed by atoms with Crippen LogP contribution in [0.4, 0.5) is 13.2 Å². The van der Waals surface area contributed by atoms with E-state index in [-0.39, 0.29) is 5.75 Å². The third kappa shape index (κ3) is 3.05. The molecule has 100 valence electrons. The average molecular weight is 267 g/mol. The molecule has 1 aromatic carbocycles. The number of halogens is 3. The number of aromatic nitrogens is 1. The second-order valence-electron chi connectivity index (χ2n) is 4.15. The molecule has 0 aliphatic rings. The minimum atomic E-state index is -4.71. The average Bonchev–Trinajstić information content (AvgIpc) is 2.32. The SMILES string of the molecule is Cc1ccnc(-c2ccccc2OC(F)(F)F)c1C. The summed E-state index contributed by atoms with van der Waals surface area (Å²) in [5.74, 6) is -0.240. The summed E-state index contributed by atoms with van der Waals surface area (Å²) >= 11 is 0. The molecule has 0 aliphatic carbocycles. The molecular formula is C14H12F3NO. The molecule has 0 atom stereocenters. The molecule has 0 N–H and O–H groups in total. The molecule has 5 heteroatoms. The minimum absolute atomic E-state index is 0.240. The zero-order valence-electron chi connectivity index (χ0n) is 10.5. The van der Waals surface area contributed by atoms with Gasteiger partial charge in [-0.05, 0) is 43.2 Å². The summed E-state index contributed by atoms with van der Waals surface area (Å²) in [7, 11) is 0. The van der Waals surface area contributed by atoms with Gasteiger partial charge in [-0.3, -0.25) is 4.98 Å². The minimum Gasteiger partial charge on any atom is -0.405 e. The summed E-state index contributed by atoms with van der Waals surface area (Å²) in [4.78, 5) is 4.15. The largest absolute Gasteiger partial charge is 0.573 e. The fourth-order valence-electron chi connectivity index (χ4n) is 1.78. The number of benzene rings is 1. The molecule has 0 saturated carbocycles. The van der Waals surface area contributed by atoms with E-state index in [0.717, 1.165) is 11.1 Å². The Morgan fingerprint density at radius 2 is 1.74 bits per heavy atom. The number of nitrogens with zero attached hydrogens (tertiary/aromatic N) is 1. The summed E-state index contributed by atoms with van der Waals surface area (Å²) in [6.07, 6.45) is -3.14. The van der Waals surface area contributed by atoms with Gasteiger partial charge in [-0.25, -0.2) is 0 Å². The Labute approximate surface area is 108 Å². The van der Waals surface area contributed by atoms with E-state index in [1.54, 1.807) is 18.3 Å². The Morgan fingerprint density at radius 1 is 1.05 bits per heavy atom. The molecule has 0 bridgehead atoms. The topological polar surface area (TPSA) is 22.1 Å². The lowest BCUT2D eigenvalue weighted by molar-refractivity contribution is -0.274. The highest BCUT2D eigenvalue weighted by Crippen LogP contribution is 2.34. The van der Waals surface area contributed by atoms with E-state index < -0.39 is 6.36 Å². The van der Waals surface area contributed by atoms with Gasteiger partial charge in [0.25, 0.3) is 0 Å². The molecule has 2 nitrogen and oxygen atoms in total. The summed E-state index contributed by atoms with van der Waals surface area (Å²) < 4.78 is 41.2. The molecule has 0 radical (unpaired) electrons. The Balaban J connectivity index is 2.54. The maximum Gasteiger partial charge on any atom is 0.573 e. The number of rotatable bonds is 2. The van der Waals surface area contributed by atoms with Crippen molar-refractivity contribution in [3.8, 4) is 17.0 Å². The Hall–Kier alpha value is -2.04. The first-order chi connectivity index (χ1) is 8.88. The molecular weight excluding hydrogens is 255 g/mol. The normalized spacial score (nSPS) is 11.4. The van der Waals surface area contributed by atoms with Gasteiger partial charge in [0.1, 0.15) is 5.75 Å². The van der Waals surface area contributed by atoms with Crippen molar-refractivity contribution in [3.05, 3.63) is 47.7 Å². The smallest absolute Gasteiger partial charge is 0.405 e. The van der Waals surface area contributed by atoms with Crippen LogP contribution in [0.2, 0.25) is 0 Å². The number of para-hydroxylation sites is 1. The van der Waals surface area contributed by atoms with Gasteiger partial charge in [0, 0.05) is 11.8 Å². The van der Waals surface area contributed by atoms with E-state index in [1.165, 1.54) is 12.1 Å². The lowest BCUT2D eigenvalue weighted by Gasteiger charge is -2.14. The van der Waals surface area contributed by atoms with Crippen LogP contribution in [-0.4, -0.2) is 11.3 Å². The molecule has 19 heavy (non-hydrogen) atoms. The standard InChI is InChI=1S/C14H12F3NO/c1-9-7-8-18-13(10(9)2)11-5-3-4-6-12(11)19-14(15,16)17/h3-8H,1-2H3. The van der Waals surface area contributed by atoms with Crippen LogP contribution in [0.3, 0.4) is 0 Å². The zero-order chi connectivity index (χ0) is 14.0. The molecule has 0 fully saturated rings.